The molecule has 2 aliphatic rings. The van der Waals surface area contributed by atoms with Crippen LogP contribution in [0.4, 0.5) is 0 Å². The zero-order chi connectivity index (χ0) is 16.3. The van der Waals surface area contributed by atoms with Gasteiger partial charge in [-0.2, -0.15) is 0 Å². The molecule has 0 saturated heterocycles. The fraction of sp³-hybridized carbons (Fsp3) is 0.316. The largest absolute Gasteiger partial charge is 0.388 e. The maximum atomic E-state index is 11.0. The van der Waals surface area contributed by atoms with Crippen LogP contribution in [0.5, 0.6) is 0 Å². The lowest BCUT2D eigenvalue weighted by molar-refractivity contribution is 0.0705. The summed E-state index contributed by atoms with van der Waals surface area (Å²) in [5.41, 5.74) is 5.49. The first-order chi connectivity index (χ1) is 11.7. The molecule has 0 amide bonds. The maximum absolute atomic E-state index is 11.0. The number of hydrogen-bond donors (Lipinski definition) is 1. The first kappa shape index (κ1) is 13.9. The third kappa shape index (κ3) is 1.82. The van der Waals surface area contributed by atoms with Crippen molar-refractivity contribution in [1.82, 2.24) is 19.5 Å². The lowest BCUT2D eigenvalue weighted by Gasteiger charge is -2.34. The van der Waals surface area contributed by atoms with Crippen molar-refractivity contribution in [3.63, 3.8) is 0 Å². The molecule has 0 spiro atoms. The second-order valence-electron chi connectivity index (χ2n) is 6.68. The van der Waals surface area contributed by atoms with Gasteiger partial charge in [-0.3, -0.25) is 0 Å². The third-order valence-corrected chi connectivity index (χ3v) is 5.39. The molecule has 5 heteroatoms. The van der Waals surface area contributed by atoms with Gasteiger partial charge in [0.05, 0.1) is 30.4 Å². The van der Waals surface area contributed by atoms with Gasteiger partial charge in [0.1, 0.15) is 5.82 Å². The molecule has 5 nitrogen and oxygen atoms in total. The molecule has 120 valence electrons. The molecule has 0 radical (unpaired) electrons. The van der Waals surface area contributed by atoms with E-state index in [2.05, 4.69) is 43.8 Å². The SMILES string of the molecule is Cc1ncc2c(n1)CCC(C1c3ccccc3-c3cncn31)C2O. The molecule has 0 fully saturated rings. The van der Waals surface area contributed by atoms with E-state index in [-0.39, 0.29) is 12.0 Å². The Bertz CT molecular complexity index is 933. The third-order valence-electron chi connectivity index (χ3n) is 5.39. The van der Waals surface area contributed by atoms with Gasteiger partial charge >= 0.3 is 0 Å². The number of aryl methyl sites for hydroxylation is 2. The Kier molecular flexibility index (Phi) is 2.88. The van der Waals surface area contributed by atoms with Crippen LogP contribution in [0.1, 0.15) is 41.2 Å². The van der Waals surface area contributed by atoms with E-state index in [1.165, 1.54) is 11.1 Å². The van der Waals surface area contributed by atoms with E-state index in [1.54, 1.807) is 6.20 Å². The van der Waals surface area contributed by atoms with Gasteiger partial charge in [0.25, 0.3) is 0 Å². The number of rotatable bonds is 1. The van der Waals surface area contributed by atoms with Crippen molar-refractivity contribution in [3.05, 3.63) is 65.6 Å². The average Bonchev–Trinajstić information content (AvgIpc) is 3.16. The summed E-state index contributed by atoms with van der Waals surface area (Å²) in [6.45, 7) is 1.89. The summed E-state index contributed by atoms with van der Waals surface area (Å²) in [5, 5.41) is 11.0. The Morgan fingerprint density at radius 1 is 1.17 bits per heavy atom. The van der Waals surface area contributed by atoms with Gasteiger partial charge in [-0.1, -0.05) is 24.3 Å². The van der Waals surface area contributed by atoms with Crippen molar-refractivity contribution in [2.75, 3.05) is 0 Å². The molecular formula is C19H18N4O. The molecule has 24 heavy (non-hydrogen) atoms. The minimum atomic E-state index is -0.555. The Morgan fingerprint density at radius 2 is 2.04 bits per heavy atom. The predicted octanol–water partition coefficient (Wildman–Crippen LogP) is 2.85. The van der Waals surface area contributed by atoms with E-state index in [0.717, 1.165) is 35.6 Å². The number of nitrogens with zero attached hydrogens (tertiary/aromatic N) is 4. The van der Waals surface area contributed by atoms with Crippen molar-refractivity contribution in [2.45, 2.75) is 31.9 Å². The summed E-state index contributed by atoms with van der Waals surface area (Å²) in [5.74, 6) is 0.864. The van der Waals surface area contributed by atoms with Gasteiger partial charge in [-0.25, -0.2) is 15.0 Å². The first-order valence-corrected chi connectivity index (χ1v) is 8.35. The van der Waals surface area contributed by atoms with Crippen molar-refractivity contribution in [2.24, 2.45) is 5.92 Å². The topological polar surface area (TPSA) is 63.8 Å². The summed E-state index contributed by atoms with van der Waals surface area (Å²) in [6, 6.07) is 8.55. The first-order valence-electron chi connectivity index (χ1n) is 8.35. The molecule has 3 aromatic rings. The number of aliphatic hydroxyl groups is 1. The minimum absolute atomic E-state index is 0.0976. The van der Waals surface area contributed by atoms with Crippen LogP contribution >= 0.6 is 0 Å². The van der Waals surface area contributed by atoms with Gasteiger partial charge in [0.2, 0.25) is 0 Å². The van der Waals surface area contributed by atoms with Crippen molar-refractivity contribution >= 4 is 0 Å². The molecule has 2 aromatic heterocycles. The van der Waals surface area contributed by atoms with E-state index in [0.29, 0.717) is 0 Å². The summed E-state index contributed by atoms with van der Waals surface area (Å²) in [7, 11) is 0. The van der Waals surface area contributed by atoms with Crippen molar-refractivity contribution in [3.8, 4) is 11.3 Å². The van der Waals surface area contributed by atoms with E-state index >= 15 is 0 Å². The van der Waals surface area contributed by atoms with E-state index in [9.17, 15) is 5.11 Å². The van der Waals surface area contributed by atoms with Gasteiger partial charge < -0.3 is 9.67 Å². The van der Waals surface area contributed by atoms with Crippen molar-refractivity contribution in [1.29, 1.82) is 0 Å². The molecule has 1 aromatic carbocycles. The lowest BCUT2D eigenvalue weighted by Crippen LogP contribution is -2.29. The molecule has 5 rings (SSSR count). The van der Waals surface area contributed by atoms with Gasteiger partial charge in [-0.15, -0.1) is 0 Å². The number of aromatic nitrogens is 4. The highest BCUT2D eigenvalue weighted by Gasteiger charge is 2.40. The van der Waals surface area contributed by atoms with E-state index in [4.69, 9.17) is 0 Å². The van der Waals surface area contributed by atoms with Crippen molar-refractivity contribution < 1.29 is 5.11 Å². The number of fused-ring (bicyclic) bond motifs is 4. The summed E-state index contributed by atoms with van der Waals surface area (Å²) in [6.07, 6.45) is 6.82. The minimum Gasteiger partial charge on any atom is -0.388 e. The Hall–Kier alpha value is -2.53. The molecule has 0 bridgehead atoms. The molecule has 3 unspecified atom stereocenters. The molecular weight excluding hydrogens is 300 g/mol. The van der Waals surface area contributed by atoms with Gasteiger partial charge in [0.15, 0.2) is 0 Å². The second-order valence-corrected chi connectivity index (χ2v) is 6.68. The van der Waals surface area contributed by atoms with E-state index < -0.39 is 6.10 Å². The fourth-order valence-electron chi connectivity index (χ4n) is 4.31. The zero-order valence-electron chi connectivity index (χ0n) is 13.4. The second kappa shape index (κ2) is 4.98. The summed E-state index contributed by atoms with van der Waals surface area (Å²) < 4.78 is 2.21. The predicted molar refractivity (Wildman–Crippen MR) is 89.3 cm³/mol. The van der Waals surface area contributed by atoms with Crippen LogP contribution in [0.15, 0.2) is 43.0 Å². The van der Waals surface area contributed by atoms with Crippen LogP contribution in [0.25, 0.3) is 11.3 Å². The number of hydrogen-bond acceptors (Lipinski definition) is 4. The number of benzene rings is 1. The van der Waals surface area contributed by atoms with Crippen LogP contribution in [-0.2, 0) is 6.42 Å². The van der Waals surface area contributed by atoms with Gasteiger partial charge in [0, 0.05) is 28.9 Å². The highest BCUT2D eigenvalue weighted by molar-refractivity contribution is 5.69. The molecule has 1 aliphatic carbocycles. The fourth-order valence-corrected chi connectivity index (χ4v) is 4.31. The molecule has 1 aliphatic heterocycles. The van der Waals surface area contributed by atoms with Crippen LogP contribution in [0.3, 0.4) is 0 Å². The average molecular weight is 318 g/mol. The molecule has 0 saturated carbocycles. The maximum Gasteiger partial charge on any atom is 0.125 e. The highest BCUT2D eigenvalue weighted by Crippen LogP contribution is 2.49. The van der Waals surface area contributed by atoms with E-state index in [1.807, 2.05) is 19.4 Å². The van der Waals surface area contributed by atoms with Gasteiger partial charge in [-0.05, 0) is 25.3 Å². The summed E-state index contributed by atoms with van der Waals surface area (Å²) >= 11 is 0. The monoisotopic (exact) mass is 318 g/mol. The standard InChI is InChI=1S/C19H18N4O/c1-11-21-8-15-16(22-11)7-6-14(19(15)24)18-13-5-3-2-4-12(13)17-9-20-10-23(17)18/h2-5,8-10,14,18-19,24H,6-7H2,1H3. The highest BCUT2D eigenvalue weighted by atomic mass is 16.3. The number of aliphatic hydroxyl groups excluding tert-OH is 1. The smallest absolute Gasteiger partial charge is 0.125 e. The lowest BCUT2D eigenvalue weighted by atomic mass is 9.78. The quantitative estimate of drug-likeness (QED) is 0.749. The normalized spacial score (nSPS) is 24.3. The molecule has 1 N–H and O–H groups in total. The van der Waals surface area contributed by atoms with Crippen LogP contribution < -0.4 is 0 Å². The van der Waals surface area contributed by atoms with Crippen LogP contribution in [0.2, 0.25) is 0 Å². The Labute approximate surface area is 140 Å². The zero-order valence-corrected chi connectivity index (χ0v) is 13.4. The molecule has 3 atom stereocenters. The molecule has 3 heterocycles. The Balaban J connectivity index is 1.62. The Morgan fingerprint density at radius 3 is 2.96 bits per heavy atom. The summed E-state index contributed by atoms with van der Waals surface area (Å²) in [4.78, 5) is 13.1. The van der Waals surface area contributed by atoms with Crippen LogP contribution in [-0.4, -0.2) is 24.6 Å². The van der Waals surface area contributed by atoms with Crippen LogP contribution in [0, 0.1) is 12.8 Å². The number of imidazole rings is 1.